The summed E-state index contributed by atoms with van der Waals surface area (Å²) >= 11 is 1.67. The van der Waals surface area contributed by atoms with Crippen LogP contribution in [0, 0.1) is 6.92 Å². The Morgan fingerprint density at radius 1 is 1.11 bits per heavy atom. The van der Waals surface area contributed by atoms with Gasteiger partial charge < -0.3 is 10.2 Å². The number of rotatable bonds is 2. The molecule has 6 nitrogen and oxygen atoms in total. The van der Waals surface area contributed by atoms with Crippen molar-refractivity contribution in [3.05, 3.63) is 39.9 Å². The molecule has 1 saturated heterocycles. The molecule has 0 spiro atoms. The van der Waals surface area contributed by atoms with E-state index in [2.05, 4.69) is 29.3 Å². The molecule has 27 heavy (non-hydrogen) atoms. The Kier molecular flexibility index (Phi) is 4.60. The molecule has 1 aromatic carbocycles. The zero-order chi connectivity index (χ0) is 19.3. The Balaban J connectivity index is 1.59. The molecule has 0 aromatic heterocycles. The Bertz CT molecular complexity index is 988. The van der Waals surface area contributed by atoms with E-state index in [1.165, 1.54) is 10.6 Å². The number of ketones is 1. The molecular weight excluding hydrogens is 382 g/mol. The van der Waals surface area contributed by atoms with Crippen LogP contribution in [0.3, 0.4) is 0 Å². The number of piperazine rings is 1. The number of fused-ring (bicyclic) bond motifs is 1. The van der Waals surface area contributed by atoms with E-state index in [-0.39, 0.29) is 5.78 Å². The summed E-state index contributed by atoms with van der Waals surface area (Å²) in [7, 11) is -3.13. The second-order valence-electron chi connectivity index (χ2n) is 7.28. The first-order chi connectivity index (χ1) is 12.7. The van der Waals surface area contributed by atoms with Gasteiger partial charge in [0.1, 0.15) is 0 Å². The van der Waals surface area contributed by atoms with Gasteiger partial charge in [-0.3, -0.25) is 4.79 Å². The van der Waals surface area contributed by atoms with Gasteiger partial charge in [-0.05, 0) is 43.2 Å². The predicted octanol–water partition coefficient (Wildman–Crippen LogP) is 2.72. The van der Waals surface area contributed by atoms with Gasteiger partial charge in [0, 0.05) is 48.1 Å². The van der Waals surface area contributed by atoms with Crippen LogP contribution in [0.4, 0.5) is 11.4 Å². The van der Waals surface area contributed by atoms with E-state index in [4.69, 9.17) is 0 Å². The maximum atomic E-state index is 11.9. The molecule has 2 heterocycles. The first-order valence-electron chi connectivity index (χ1n) is 8.96. The van der Waals surface area contributed by atoms with Crippen LogP contribution >= 0.6 is 11.8 Å². The lowest BCUT2D eigenvalue weighted by atomic mass is 10.0. The first kappa shape index (κ1) is 18.6. The lowest BCUT2D eigenvalue weighted by Crippen LogP contribution is -2.48. The molecule has 1 aromatic rings. The monoisotopic (exact) mass is 405 g/mol. The van der Waals surface area contributed by atoms with Gasteiger partial charge in [-0.2, -0.15) is 4.31 Å². The third kappa shape index (κ3) is 3.53. The SMILES string of the molecule is CC1=CC(=O)CC2=C1Nc1c(C)cc(N3CCN(S(C)(=O)=O)CC3)cc1S2. The van der Waals surface area contributed by atoms with E-state index >= 15 is 0 Å². The van der Waals surface area contributed by atoms with E-state index in [1.54, 1.807) is 17.8 Å². The molecule has 1 aliphatic carbocycles. The van der Waals surface area contributed by atoms with E-state index < -0.39 is 10.0 Å². The topological polar surface area (TPSA) is 69.7 Å². The third-order valence-corrected chi connectivity index (χ3v) is 7.67. The van der Waals surface area contributed by atoms with Crippen LogP contribution in [0.2, 0.25) is 0 Å². The minimum Gasteiger partial charge on any atom is -0.369 e. The number of allylic oxidation sites excluding steroid dienone is 3. The molecular formula is C19H23N3O3S2. The van der Waals surface area contributed by atoms with E-state index in [0.717, 1.165) is 38.0 Å². The number of hydrogen-bond acceptors (Lipinski definition) is 6. The zero-order valence-electron chi connectivity index (χ0n) is 15.7. The maximum absolute atomic E-state index is 11.9. The van der Waals surface area contributed by atoms with E-state index in [9.17, 15) is 13.2 Å². The summed E-state index contributed by atoms with van der Waals surface area (Å²) < 4.78 is 25.0. The van der Waals surface area contributed by atoms with Gasteiger partial charge >= 0.3 is 0 Å². The molecule has 0 amide bonds. The molecule has 3 aliphatic rings. The number of hydrogen-bond donors (Lipinski definition) is 1. The first-order valence-corrected chi connectivity index (χ1v) is 11.6. The highest BCUT2D eigenvalue weighted by Gasteiger charge is 2.28. The predicted molar refractivity (Wildman–Crippen MR) is 110 cm³/mol. The fourth-order valence-electron chi connectivity index (χ4n) is 3.78. The maximum Gasteiger partial charge on any atom is 0.211 e. The highest BCUT2D eigenvalue weighted by Crippen LogP contribution is 2.47. The van der Waals surface area contributed by atoms with Crippen LogP contribution in [-0.2, 0) is 14.8 Å². The van der Waals surface area contributed by atoms with Gasteiger partial charge in [-0.1, -0.05) is 11.8 Å². The Morgan fingerprint density at radius 3 is 2.48 bits per heavy atom. The van der Waals surface area contributed by atoms with Gasteiger partial charge in [0.05, 0.1) is 17.6 Å². The number of carbonyl (C=O) groups excluding carboxylic acids is 1. The minimum atomic E-state index is -3.13. The quantitative estimate of drug-likeness (QED) is 0.816. The molecule has 1 N–H and O–H groups in total. The van der Waals surface area contributed by atoms with Gasteiger partial charge in [-0.25, -0.2) is 8.42 Å². The average molecular weight is 406 g/mol. The standard InChI is InChI=1S/C19H23N3O3S2/c1-12-8-14(21-4-6-22(7-5-21)27(3,24)25)10-16-18(12)20-19-13(2)9-15(23)11-17(19)26-16/h8-10,20H,4-7,11H2,1-3H3. The molecule has 1 fully saturated rings. The Hall–Kier alpha value is -1.77. The zero-order valence-corrected chi connectivity index (χ0v) is 17.3. The summed E-state index contributed by atoms with van der Waals surface area (Å²) in [5.74, 6) is 0.147. The van der Waals surface area contributed by atoms with Gasteiger partial charge in [0.25, 0.3) is 0 Å². The van der Waals surface area contributed by atoms with E-state index in [1.807, 2.05) is 6.92 Å². The second kappa shape index (κ2) is 6.68. The number of aryl methyl sites for hydroxylation is 1. The van der Waals surface area contributed by atoms with Crippen molar-refractivity contribution in [1.29, 1.82) is 0 Å². The number of sulfonamides is 1. The number of nitrogens with one attached hydrogen (secondary N) is 1. The van der Waals surface area contributed by atoms with Crippen molar-refractivity contribution in [2.45, 2.75) is 25.2 Å². The highest BCUT2D eigenvalue weighted by atomic mass is 32.2. The largest absolute Gasteiger partial charge is 0.369 e. The molecule has 0 atom stereocenters. The molecule has 0 bridgehead atoms. The average Bonchev–Trinajstić information content (AvgIpc) is 2.59. The number of thioether (sulfide) groups is 1. The minimum absolute atomic E-state index is 0.147. The summed E-state index contributed by atoms with van der Waals surface area (Å²) in [6.45, 7) is 6.43. The number of anilines is 2. The summed E-state index contributed by atoms with van der Waals surface area (Å²) in [5, 5.41) is 3.53. The van der Waals surface area contributed by atoms with Gasteiger partial charge in [-0.15, -0.1) is 0 Å². The normalized spacial score (nSPS) is 20.8. The number of nitrogens with zero attached hydrogens (tertiary/aromatic N) is 2. The van der Waals surface area contributed by atoms with Crippen LogP contribution in [0.5, 0.6) is 0 Å². The fourth-order valence-corrected chi connectivity index (χ4v) is 5.90. The van der Waals surface area contributed by atoms with Crippen LogP contribution in [0.15, 0.2) is 39.3 Å². The van der Waals surface area contributed by atoms with Crippen LogP contribution in [0.25, 0.3) is 0 Å². The summed E-state index contributed by atoms with van der Waals surface area (Å²) in [6.07, 6.45) is 3.42. The van der Waals surface area contributed by atoms with Crippen molar-refractivity contribution >= 4 is 38.9 Å². The summed E-state index contributed by atoms with van der Waals surface area (Å²) in [5.41, 5.74) is 5.40. The number of carbonyl (C=O) groups is 1. The lowest BCUT2D eigenvalue weighted by Gasteiger charge is -2.36. The summed E-state index contributed by atoms with van der Waals surface area (Å²) in [4.78, 5) is 16.3. The fraction of sp³-hybridized carbons (Fsp3) is 0.421. The van der Waals surface area contributed by atoms with Crippen molar-refractivity contribution in [2.24, 2.45) is 0 Å². The summed E-state index contributed by atoms with van der Waals surface area (Å²) in [6, 6.07) is 4.30. The van der Waals surface area contributed by atoms with Crippen LogP contribution in [-0.4, -0.2) is 50.9 Å². The van der Waals surface area contributed by atoms with Crippen molar-refractivity contribution in [3.63, 3.8) is 0 Å². The Morgan fingerprint density at radius 2 is 1.81 bits per heavy atom. The van der Waals surface area contributed by atoms with E-state index in [0.29, 0.717) is 32.6 Å². The molecule has 144 valence electrons. The van der Waals surface area contributed by atoms with Crippen molar-refractivity contribution in [1.82, 2.24) is 4.31 Å². The molecule has 8 heteroatoms. The van der Waals surface area contributed by atoms with Crippen molar-refractivity contribution < 1.29 is 13.2 Å². The molecule has 0 radical (unpaired) electrons. The molecule has 0 unspecified atom stereocenters. The molecule has 4 rings (SSSR count). The lowest BCUT2D eigenvalue weighted by molar-refractivity contribution is -0.114. The van der Waals surface area contributed by atoms with Crippen LogP contribution in [0.1, 0.15) is 18.9 Å². The van der Waals surface area contributed by atoms with Crippen LogP contribution < -0.4 is 10.2 Å². The highest BCUT2D eigenvalue weighted by molar-refractivity contribution is 8.03. The van der Waals surface area contributed by atoms with Gasteiger partial charge in [0.2, 0.25) is 10.0 Å². The van der Waals surface area contributed by atoms with Crippen molar-refractivity contribution in [3.8, 4) is 0 Å². The second-order valence-corrected chi connectivity index (χ2v) is 10.4. The van der Waals surface area contributed by atoms with Crippen molar-refractivity contribution in [2.75, 3.05) is 42.7 Å². The van der Waals surface area contributed by atoms with Gasteiger partial charge in [0.15, 0.2) is 5.78 Å². The Labute approximate surface area is 164 Å². The molecule has 0 saturated carbocycles. The third-order valence-electron chi connectivity index (χ3n) is 5.23. The molecule has 2 aliphatic heterocycles. The smallest absolute Gasteiger partial charge is 0.211 e. The number of benzene rings is 1.